The van der Waals surface area contributed by atoms with Gasteiger partial charge in [0.25, 0.3) is 0 Å². The lowest BCUT2D eigenvalue weighted by molar-refractivity contribution is 0.424. The summed E-state index contributed by atoms with van der Waals surface area (Å²) >= 11 is 0. The second kappa shape index (κ2) is 7.49. The topological polar surface area (TPSA) is 28.2 Å². The third-order valence-electron chi connectivity index (χ3n) is 3.12. The van der Waals surface area contributed by atoms with Gasteiger partial charge in [0.1, 0.15) is 5.82 Å². The molecule has 0 unspecified atom stereocenters. The number of rotatable bonds is 7. The molecule has 1 N–H and O–H groups in total. The van der Waals surface area contributed by atoms with Gasteiger partial charge in [-0.1, -0.05) is 13.3 Å². The molecular formula is C16H29N3. The zero-order valence-electron chi connectivity index (χ0n) is 13.2. The van der Waals surface area contributed by atoms with Gasteiger partial charge in [-0.2, -0.15) is 0 Å². The molecule has 1 heterocycles. The fraction of sp³-hybridized carbons (Fsp3) is 0.688. The standard InChI is InChI=1S/C16H29N3/c1-6-8-11-19(7-2)15-12-14(9-10-17-15)13-18-16(3,4)5/h9-10,12,18H,6-8,11,13H2,1-5H3. The van der Waals surface area contributed by atoms with Crippen molar-refractivity contribution in [3.05, 3.63) is 23.9 Å². The van der Waals surface area contributed by atoms with Crippen LogP contribution in [0.5, 0.6) is 0 Å². The third kappa shape index (κ3) is 6.06. The van der Waals surface area contributed by atoms with Crippen LogP contribution in [-0.4, -0.2) is 23.6 Å². The van der Waals surface area contributed by atoms with E-state index < -0.39 is 0 Å². The first-order valence-electron chi connectivity index (χ1n) is 7.41. The number of hydrogen-bond acceptors (Lipinski definition) is 3. The molecule has 1 aromatic heterocycles. The summed E-state index contributed by atoms with van der Waals surface area (Å²) in [4.78, 5) is 6.86. The fourth-order valence-electron chi connectivity index (χ4n) is 1.89. The third-order valence-corrected chi connectivity index (χ3v) is 3.12. The van der Waals surface area contributed by atoms with Gasteiger partial charge in [-0.15, -0.1) is 0 Å². The minimum atomic E-state index is 0.149. The molecule has 0 bridgehead atoms. The predicted molar refractivity (Wildman–Crippen MR) is 83.6 cm³/mol. The number of unbranched alkanes of at least 4 members (excludes halogenated alkanes) is 1. The van der Waals surface area contributed by atoms with E-state index in [-0.39, 0.29) is 5.54 Å². The Morgan fingerprint density at radius 2 is 2.00 bits per heavy atom. The maximum Gasteiger partial charge on any atom is 0.128 e. The molecule has 0 radical (unpaired) electrons. The number of aromatic nitrogens is 1. The van der Waals surface area contributed by atoms with E-state index in [9.17, 15) is 0 Å². The Morgan fingerprint density at radius 3 is 2.58 bits per heavy atom. The lowest BCUT2D eigenvalue weighted by Crippen LogP contribution is -2.35. The summed E-state index contributed by atoms with van der Waals surface area (Å²) in [5.74, 6) is 1.10. The van der Waals surface area contributed by atoms with Crippen molar-refractivity contribution in [1.82, 2.24) is 10.3 Å². The van der Waals surface area contributed by atoms with E-state index in [1.807, 2.05) is 6.20 Å². The lowest BCUT2D eigenvalue weighted by Gasteiger charge is -2.23. The maximum absolute atomic E-state index is 4.51. The Hall–Kier alpha value is -1.09. The number of nitrogens with one attached hydrogen (secondary N) is 1. The Labute approximate surface area is 118 Å². The summed E-state index contributed by atoms with van der Waals surface area (Å²) in [6, 6.07) is 4.30. The first-order chi connectivity index (χ1) is 8.96. The molecule has 0 aliphatic carbocycles. The van der Waals surface area contributed by atoms with E-state index in [1.54, 1.807) is 0 Å². The first kappa shape index (κ1) is 16.0. The van der Waals surface area contributed by atoms with Crippen LogP contribution < -0.4 is 10.2 Å². The smallest absolute Gasteiger partial charge is 0.128 e. The van der Waals surface area contributed by atoms with Crippen molar-refractivity contribution in [2.45, 2.75) is 59.5 Å². The normalized spacial score (nSPS) is 11.6. The maximum atomic E-state index is 4.51. The van der Waals surface area contributed by atoms with E-state index in [0.717, 1.165) is 25.5 Å². The summed E-state index contributed by atoms with van der Waals surface area (Å²) in [5.41, 5.74) is 1.45. The molecule has 19 heavy (non-hydrogen) atoms. The second-order valence-corrected chi connectivity index (χ2v) is 6.06. The Balaban J connectivity index is 2.69. The van der Waals surface area contributed by atoms with Gasteiger partial charge < -0.3 is 10.2 Å². The molecular weight excluding hydrogens is 234 g/mol. The Bertz CT molecular complexity index is 369. The van der Waals surface area contributed by atoms with Gasteiger partial charge in [-0.05, 0) is 51.8 Å². The van der Waals surface area contributed by atoms with Crippen molar-refractivity contribution < 1.29 is 0 Å². The van der Waals surface area contributed by atoms with Crippen LogP contribution in [0, 0.1) is 0 Å². The molecule has 1 aromatic rings. The zero-order chi connectivity index (χ0) is 14.3. The van der Waals surface area contributed by atoms with Crippen molar-refractivity contribution in [2.75, 3.05) is 18.0 Å². The number of nitrogens with zero attached hydrogens (tertiary/aromatic N) is 2. The summed E-state index contributed by atoms with van der Waals surface area (Å²) in [5, 5.41) is 3.52. The Kier molecular flexibility index (Phi) is 6.29. The van der Waals surface area contributed by atoms with Crippen molar-refractivity contribution >= 4 is 5.82 Å². The highest BCUT2D eigenvalue weighted by Gasteiger charge is 2.10. The average Bonchev–Trinajstić information content (AvgIpc) is 2.37. The molecule has 1 rings (SSSR count). The lowest BCUT2D eigenvalue weighted by atomic mass is 10.1. The highest BCUT2D eigenvalue weighted by atomic mass is 15.2. The van der Waals surface area contributed by atoms with Crippen LogP contribution >= 0.6 is 0 Å². The number of anilines is 1. The van der Waals surface area contributed by atoms with Crippen LogP contribution in [0.3, 0.4) is 0 Å². The average molecular weight is 263 g/mol. The summed E-state index contributed by atoms with van der Waals surface area (Å²) < 4.78 is 0. The molecule has 3 heteroatoms. The predicted octanol–water partition coefficient (Wildman–Crippen LogP) is 3.60. The SMILES string of the molecule is CCCCN(CC)c1cc(CNC(C)(C)C)ccn1. The van der Waals surface area contributed by atoms with E-state index >= 15 is 0 Å². The fourth-order valence-corrected chi connectivity index (χ4v) is 1.89. The first-order valence-corrected chi connectivity index (χ1v) is 7.41. The van der Waals surface area contributed by atoms with Crippen LogP contribution in [0.15, 0.2) is 18.3 Å². The van der Waals surface area contributed by atoms with Crippen LogP contribution in [0.1, 0.15) is 53.0 Å². The largest absolute Gasteiger partial charge is 0.357 e. The minimum Gasteiger partial charge on any atom is -0.357 e. The highest BCUT2D eigenvalue weighted by Crippen LogP contribution is 2.14. The van der Waals surface area contributed by atoms with Crippen LogP contribution in [-0.2, 0) is 6.54 Å². The monoisotopic (exact) mass is 263 g/mol. The van der Waals surface area contributed by atoms with E-state index in [0.29, 0.717) is 0 Å². The van der Waals surface area contributed by atoms with E-state index in [1.165, 1.54) is 18.4 Å². The molecule has 0 saturated carbocycles. The van der Waals surface area contributed by atoms with Gasteiger partial charge in [0.2, 0.25) is 0 Å². The highest BCUT2D eigenvalue weighted by molar-refractivity contribution is 5.40. The van der Waals surface area contributed by atoms with E-state index in [2.05, 4.69) is 62.0 Å². The molecule has 0 fully saturated rings. The van der Waals surface area contributed by atoms with Crippen molar-refractivity contribution in [2.24, 2.45) is 0 Å². The summed E-state index contributed by atoms with van der Waals surface area (Å²) in [6.07, 6.45) is 4.37. The van der Waals surface area contributed by atoms with Gasteiger partial charge in [-0.25, -0.2) is 4.98 Å². The van der Waals surface area contributed by atoms with E-state index in [4.69, 9.17) is 0 Å². The second-order valence-electron chi connectivity index (χ2n) is 6.06. The minimum absolute atomic E-state index is 0.149. The molecule has 0 spiro atoms. The summed E-state index contributed by atoms with van der Waals surface area (Å²) in [6.45, 7) is 14.0. The number of pyridine rings is 1. The molecule has 0 saturated heterocycles. The molecule has 0 aliphatic heterocycles. The molecule has 0 aromatic carbocycles. The zero-order valence-corrected chi connectivity index (χ0v) is 13.2. The molecule has 0 atom stereocenters. The van der Waals surface area contributed by atoms with Crippen LogP contribution in [0.4, 0.5) is 5.82 Å². The quantitative estimate of drug-likeness (QED) is 0.814. The number of hydrogen-bond donors (Lipinski definition) is 1. The van der Waals surface area contributed by atoms with Crippen molar-refractivity contribution in [3.8, 4) is 0 Å². The van der Waals surface area contributed by atoms with Gasteiger partial charge >= 0.3 is 0 Å². The summed E-state index contributed by atoms with van der Waals surface area (Å²) in [7, 11) is 0. The van der Waals surface area contributed by atoms with Crippen LogP contribution in [0.25, 0.3) is 0 Å². The molecule has 0 amide bonds. The van der Waals surface area contributed by atoms with Crippen LogP contribution in [0.2, 0.25) is 0 Å². The molecule has 0 aliphatic rings. The Morgan fingerprint density at radius 1 is 1.26 bits per heavy atom. The van der Waals surface area contributed by atoms with Gasteiger partial charge in [0.05, 0.1) is 0 Å². The van der Waals surface area contributed by atoms with Crippen molar-refractivity contribution in [1.29, 1.82) is 0 Å². The van der Waals surface area contributed by atoms with Gasteiger partial charge in [0.15, 0.2) is 0 Å². The van der Waals surface area contributed by atoms with Crippen molar-refractivity contribution in [3.63, 3.8) is 0 Å². The van der Waals surface area contributed by atoms with Gasteiger partial charge in [0, 0.05) is 31.4 Å². The molecule has 108 valence electrons. The molecule has 3 nitrogen and oxygen atoms in total. The van der Waals surface area contributed by atoms with Gasteiger partial charge in [-0.3, -0.25) is 0 Å².